The van der Waals surface area contributed by atoms with Crippen molar-refractivity contribution in [3.8, 4) is 11.5 Å². The molecule has 13 nitrogen and oxygen atoms in total. The molecule has 2 fully saturated rings. The topological polar surface area (TPSA) is 127 Å². The number of anilines is 2. The van der Waals surface area contributed by atoms with Gasteiger partial charge in [-0.15, -0.1) is 0 Å². The molecule has 0 bridgehead atoms. The van der Waals surface area contributed by atoms with E-state index in [1.807, 2.05) is 48.2 Å². The third-order valence-corrected chi connectivity index (χ3v) is 10.4. The average molecular weight is 739 g/mol. The number of unbranched alkanes of at least 4 members (excludes halogenated alkanes) is 2. The first-order chi connectivity index (χ1) is 26.1. The molecule has 13 heteroatoms. The second-order valence-corrected chi connectivity index (χ2v) is 14.5. The molecule has 1 aromatic heterocycles. The van der Waals surface area contributed by atoms with Gasteiger partial charge in [0.2, 0.25) is 5.91 Å². The zero-order valence-electron chi connectivity index (χ0n) is 32.3. The van der Waals surface area contributed by atoms with Crippen LogP contribution in [0.25, 0.3) is 11.0 Å². The number of H-pyrrole nitrogens is 1. The van der Waals surface area contributed by atoms with Crippen LogP contribution in [-0.2, 0) is 11.3 Å². The lowest BCUT2D eigenvalue weighted by atomic mass is 10.1. The Hall–Kier alpha value is -4.98. The highest BCUT2D eigenvalue weighted by molar-refractivity contribution is 6.11. The van der Waals surface area contributed by atoms with E-state index >= 15 is 0 Å². The lowest BCUT2D eigenvalue weighted by molar-refractivity contribution is -0.132. The number of aromatic nitrogens is 2. The highest BCUT2D eigenvalue weighted by Crippen LogP contribution is 2.32. The van der Waals surface area contributed by atoms with Crippen LogP contribution in [-0.4, -0.2) is 135 Å². The molecule has 0 saturated carbocycles. The molecule has 0 spiro atoms. The number of piperazine rings is 2. The van der Waals surface area contributed by atoms with E-state index in [1.54, 1.807) is 30.1 Å². The van der Waals surface area contributed by atoms with E-state index in [9.17, 15) is 14.4 Å². The molecule has 0 radical (unpaired) electrons. The van der Waals surface area contributed by atoms with Crippen molar-refractivity contribution in [1.29, 1.82) is 0 Å². The summed E-state index contributed by atoms with van der Waals surface area (Å²) in [5, 5.41) is 3.01. The van der Waals surface area contributed by atoms with Crippen LogP contribution in [0.2, 0.25) is 0 Å². The van der Waals surface area contributed by atoms with Gasteiger partial charge in [-0.2, -0.15) is 0 Å². The number of amides is 3. The second-order valence-electron chi connectivity index (χ2n) is 14.5. The van der Waals surface area contributed by atoms with Gasteiger partial charge in [-0.25, -0.2) is 4.98 Å². The number of likely N-dealkylation sites (N-methyl/N-ethyl adjacent to an activating group) is 2. The number of fused-ring (bicyclic) bond motifs is 1. The first kappa shape index (κ1) is 38.7. The lowest BCUT2D eigenvalue weighted by Gasteiger charge is -2.32. The van der Waals surface area contributed by atoms with Crippen molar-refractivity contribution < 1.29 is 23.9 Å². The first-order valence-corrected chi connectivity index (χ1v) is 19.0. The van der Waals surface area contributed by atoms with E-state index in [0.29, 0.717) is 53.3 Å². The van der Waals surface area contributed by atoms with E-state index < -0.39 is 0 Å². The summed E-state index contributed by atoms with van der Waals surface area (Å²) >= 11 is 0. The van der Waals surface area contributed by atoms with Gasteiger partial charge in [0.05, 0.1) is 42.7 Å². The summed E-state index contributed by atoms with van der Waals surface area (Å²) < 4.78 is 11.8. The number of para-hydroxylation sites is 1. The van der Waals surface area contributed by atoms with Gasteiger partial charge in [-0.05, 0) is 88.3 Å². The number of carbonyl (C=O) groups is 3. The minimum absolute atomic E-state index is 0.229. The largest absolute Gasteiger partial charge is 0.496 e. The van der Waals surface area contributed by atoms with Crippen LogP contribution in [0.3, 0.4) is 0 Å². The molecule has 2 aliphatic heterocycles. The van der Waals surface area contributed by atoms with Gasteiger partial charge < -0.3 is 39.4 Å². The molecule has 4 aromatic rings. The standard InChI is InChI=1S/C41H54N8O5/c1-29-13-16-34(36(26-29)54-25-8-6-7-12-38(50)49-23-19-46(3)20-24-49)47(4)41(52)30-14-15-31(35(27-30)53-5)40(51)43-33-11-9-10-32-39(33)44-37(42-32)28-48-21-17-45(2)18-22-48/h9-11,13-16,26-27H,6-8,12,17-25,28H2,1-5H3,(H,42,44)(H,43,51). The molecule has 288 valence electrons. The zero-order valence-corrected chi connectivity index (χ0v) is 32.3. The Balaban J connectivity index is 1.06. The molecular formula is C41H54N8O5. The maximum absolute atomic E-state index is 13.8. The highest BCUT2D eigenvalue weighted by atomic mass is 16.5. The summed E-state index contributed by atoms with van der Waals surface area (Å²) in [5.74, 6) is 1.34. The Morgan fingerprint density at radius 2 is 1.61 bits per heavy atom. The Morgan fingerprint density at radius 1 is 0.870 bits per heavy atom. The van der Waals surface area contributed by atoms with Crippen LogP contribution in [0.15, 0.2) is 54.6 Å². The van der Waals surface area contributed by atoms with Gasteiger partial charge in [0.25, 0.3) is 11.8 Å². The normalized spacial score (nSPS) is 15.7. The summed E-state index contributed by atoms with van der Waals surface area (Å²) in [6.07, 6.45) is 3.05. The average Bonchev–Trinajstić information content (AvgIpc) is 3.60. The molecule has 3 amide bonds. The van der Waals surface area contributed by atoms with Gasteiger partial charge in [-0.3, -0.25) is 19.3 Å². The van der Waals surface area contributed by atoms with Crippen molar-refractivity contribution in [2.45, 2.75) is 39.2 Å². The number of aryl methyl sites for hydroxylation is 1. The predicted molar refractivity (Wildman–Crippen MR) is 212 cm³/mol. The number of carbonyl (C=O) groups excluding carboxylic acids is 3. The minimum atomic E-state index is -0.367. The van der Waals surface area contributed by atoms with Crippen molar-refractivity contribution in [3.05, 3.63) is 77.1 Å². The number of nitrogens with one attached hydrogen (secondary N) is 2. The number of hydrogen-bond donors (Lipinski definition) is 2. The van der Waals surface area contributed by atoms with E-state index in [-0.39, 0.29) is 23.5 Å². The minimum Gasteiger partial charge on any atom is -0.496 e. The number of nitrogens with zero attached hydrogens (tertiary/aromatic N) is 6. The fraction of sp³-hybridized carbons (Fsp3) is 0.463. The monoisotopic (exact) mass is 738 g/mol. The van der Waals surface area contributed by atoms with E-state index in [1.165, 1.54) is 7.11 Å². The third-order valence-electron chi connectivity index (χ3n) is 10.4. The molecule has 2 saturated heterocycles. The first-order valence-electron chi connectivity index (χ1n) is 19.0. The summed E-state index contributed by atoms with van der Waals surface area (Å²) in [6, 6.07) is 16.3. The summed E-state index contributed by atoms with van der Waals surface area (Å²) in [4.78, 5) is 58.7. The van der Waals surface area contributed by atoms with Crippen molar-refractivity contribution in [2.75, 3.05) is 97.4 Å². The van der Waals surface area contributed by atoms with Crippen LogP contribution >= 0.6 is 0 Å². The van der Waals surface area contributed by atoms with E-state index in [0.717, 1.165) is 88.5 Å². The number of methoxy groups -OCH3 is 1. The number of hydrogen-bond acceptors (Lipinski definition) is 9. The van der Waals surface area contributed by atoms with E-state index in [4.69, 9.17) is 14.5 Å². The van der Waals surface area contributed by atoms with Crippen molar-refractivity contribution in [2.24, 2.45) is 0 Å². The van der Waals surface area contributed by atoms with Gasteiger partial charge in [-0.1, -0.05) is 12.1 Å². The number of imidazole rings is 1. The van der Waals surface area contributed by atoms with Crippen molar-refractivity contribution in [1.82, 2.24) is 29.6 Å². The number of rotatable bonds is 14. The molecule has 0 unspecified atom stereocenters. The quantitative estimate of drug-likeness (QED) is 0.174. The molecule has 2 aliphatic rings. The van der Waals surface area contributed by atoms with Crippen LogP contribution in [0.1, 0.15) is 57.8 Å². The number of ether oxygens (including phenoxy) is 2. The molecule has 54 heavy (non-hydrogen) atoms. The van der Waals surface area contributed by atoms with Gasteiger partial charge >= 0.3 is 0 Å². The smallest absolute Gasteiger partial charge is 0.259 e. The SMILES string of the molecule is COc1cc(C(=O)N(C)c2ccc(C)cc2OCCCCCC(=O)N2CCN(C)CC2)ccc1C(=O)Nc1cccc2[nH]c(CN3CCN(C)CC3)nc12. The molecule has 2 N–H and O–H groups in total. The molecule has 3 heterocycles. The Kier molecular flexibility index (Phi) is 12.8. The highest BCUT2D eigenvalue weighted by Gasteiger charge is 2.23. The Morgan fingerprint density at radius 3 is 2.35 bits per heavy atom. The number of benzene rings is 3. The summed E-state index contributed by atoms with van der Waals surface area (Å²) in [7, 11) is 7.41. The predicted octanol–water partition coefficient (Wildman–Crippen LogP) is 4.87. The van der Waals surface area contributed by atoms with Crippen LogP contribution in [0.5, 0.6) is 11.5 Å². The summed E-state index contributed by atoms with van der Waals surface area (Å²) in [5.41, 5.74) is 4.44. The van der Waals surface area contributed by atoms with E-state index in [2.05, 4.69) is 39.1 Å². The Bertz CT molecular complexity index is 1930. The van der Waals surface area contributed by atoms with Crippen molar-refractivity contribution in [3.63, 3.8) is 0 Å². The van der Waals surface area contributed by atoms with Gasteiger partial charge in [0.1, 0.15) is 22.8 Å². The molecule has 0 atom stereocenters. The van der Waals surface area contributed by atoms with Crippen LogP contribution in [0, 0.1) is 6.92 Å². The lowest BCUT2D eigenvalue weighted by Crippen LogP contribution is -2.47. The second kappa shape index (κ2) is 17.9. The molecule has 3 aromatic carbocycles. The maximum atomic E-state index is 13.8. The fourth-order valence-electron chi connectivity index (χ4n) is 6.95. The fourth-order valence-corrected chi connectivity index (χ4v) is 6.95. The maximum Gasteiger partial charge on any atom is 0.259 e. The zero-order chi connectivity index (χ0) is 38.2. The van der Waals surface area contributed by atoms with Crippen molar-refractivity contribution >= 4 is 40.1 Å². The van der Waals surface area contributed by atoms with Crippen LogP contribution in [0.4, 0.5) is 11.4 Å². The third kappa shape index (κ3) is 9.57. The Labute approximate surface area is 318 Å². The molecule has 6 rings (SSSR count). The molecular weight excluding hydrogens is 685 g/mol. The summed E-state index contributed by atoms with van der Waals surface area (Å²) in [6.45, 7) is 10.6. The number of aromatic amines is 1. The van der Waals surface area contributed by atoms with Crippen LogP contribution < -0.4 is 19.7 Å². The van der Waals surface area contributed by atoms with Gasteiger partial charge in [0.15, 0.2) is 0 Å². The molecule has 0 aliphatic carbocycles. The van der Waals surface area contributed by atoms with Gasteiger partial charge in [0, 0.05) is 71.4 Å².